The van der Waals surface area contributed by atoms with E-state index in [1.54, 1.807) is 0 Å². The van der Waals surface area contributed by atoms with Crippen LogP contribution in [0.2, 0.25) is 0 Å². The minimum Gasteiger partial charge on any atom is -0.481 e. The third-order valence-corrected chi connectivity index (χ3v) is 2.67. The fourth-order valence-corrected chi connectivity index (χ4v) is 2.18. The summed E-state index contributed by atoms with van der Waals surface area (Å²) in [6.07, 6.45) is 4.11. The van der Waals surface area contributed by atoms with Gasteiger partial charge in [0.05, 0.1) is 18.6 Å². The lowest BCUT2D eigenvalue weighted by Crippen LogP contribution is -2.19. The number of rotatable bonds is 2. The third-order valence-electron chi connectivity index (χ3n) is 2.67. The molecule has 2 bridgehead atoms. The fourth-order valence-electron chi connectivity index (χ4n) is 2.18. The number of ether oxygens (including phenoxy) is 1. The molecule has 1 N–H and O–H groups in total. The molecule has 0 aromatic rings. The Kier molecular flexibility index (Phi) is 1.60. The van der Waals surface area contributed by atoms with Crippen LogP contribution in [-0.2, 0) is 9.53 Å². The van der Waals surface area contributed by atoms with Gasteiger partial charge in [0.15, 0.2) is 0 Å². The summed E-state index contributed by atoms with van der Waals surface area (Å²) in [5.41, 5.74) is 0. The van der Waals surface area contributed by atoms with Crippen molar-refractivity contribution in [2.24, 2.45) is 5.92 Å². The van der Waals surface area contributed by atoms with Gasteiger partial charge in [-0.3, -0.25) is 4.79 Å². The Hall–Kier alpha value is -0.570. The second kappa shape index (κ2) is 2.48. The molecule has 2 aliphatic heterocycles. The summed E-state index contributed by atoms with van der Waals surface area (Å²) in [5.74, 6) is -0.391. The number of aliphatic carboxylic acids is 1. The van der Waals surface area contributed by atoms with E-state index in [4.69, 9.17) is 9.84 Å². The standard InChI is InChI=1S/C8H12O3/c9-8(10)4-5-3-6-1-2-7(5)11-6/h5-7H,1-4H2,(H,9,10)/t5-,6+,7+/m0/s1. The van der Waals surface area contributed by atoms with Crippen molar-refractivity contribution in [3.63, 3.8) is 0 Å². The maximum Gasteiger partial charge on any atom is 0.303 e. The van der Waals surface area contributed by atoms with Gasteiger partial charge in [-0.1, -0.05) is 0 Å². The number of fused-ring (bicyclic) bond motifs is 2. The zero-order chi connectivity index (χ0) is 7.84. The molecular formula is C8H12O3. The summed E-state index contributed by atoms with van der Waals surface area (Å²) in [4.78, 5) is 10.4. The van der Waals surface area contributed by atoms with Gasteiger partial charge >= 0.3 is 5.97 Å². The molecule has 0 amide bonds. The maximum atomic E-state index is 10.4. The number of carboxylic acids is 1. The first-order valence-electron chi connectivity index (χ1n) is 4.13. The van der Waals surface area contributed by atoms with Crippen molar-refractivity contribution < 1.29 is 14.6 Å². The number of carboxylic acid groups (broad SMARTS) is 1. The van der Waals surface area contributed by atoms with Gasteiger partial charge in [0.1, 0.15) is 0 Å². The molecule has 0 saturated carbocycles. The van der Waals surface area contributed by atoms with Crippen molar-refractivity contribution in [2.75, 3.05) is 0 Å². The van der Waals surface area contributed by atoms with Gasteiger partial charge in [-0.15, -0.1) is 0 Å². The van der Waals surface area contributed by atoms with E-state index in [9.17, 15) is 4.79 Å². The zero-order valence-electron chi connectivity index (χ0n) is 6.32. The minimum atomic E-state index is -0.689. The van der Waals surface area contributed by atoms with Gasteiger partial charge in [-0.05, 0) is 25.2 Å². The van der Waals surface area contributed by atoms with Gasteiger partial charge in [0.2, 0.25) is 0 Å². The lowest BCUT2D eigenvalue weighted by atomic mass is 9.87. The molecule has 0 radical (unpaired) electrons. The molecule has 0 spiro atoms. The van der Waals surface area contributed by atoms with Gasteiger partial charge in [-0.25, -0.2) is 0 Å². The summed E-state index contributed by atoms with van der Waals surface area (Å²) in [6, 6.07) is 0. The lowest BCUT2D eigenvalue weighted by molar-refractivity contribution is -0.138. The van der Waals surface area contributed by atoms with Gasteiger partial charge in [0.25, 0.3) is 0 Å². The van der Waals surface area contributed by atoms with E-state index in [-0.39, 0.29) is 6.10 Å². The largest absolute Gasteiger partial charge is 0.481 e. The van der Waals surface area contributed by atoms with Crippen molar-refractivity contribution in [1.82, 2.24) is 0 Å². The molecule has 0 aromatic carbocycles. The predicted molar refractivity (Wildman–Crippen MR) is 38.3 cm³/mol. The smallest absolute Gasteiger partial charge is 0.303 e. The topological polar surface area (TPSA) is 46.5 Å². The van der Waals surface area contributed by atoms with Crippen molar-refractivity contribution in [1.29, 1.82) is 0 Å². The Morgan fingerprint density at radius 2 is 2.36 bits per heavy atom. The predicted octanol–water partition coefficient (Wildman–Crippen LogP) is 1.03. The highest BCUT2D eigenvalue weighted by molar-refractivity contribution is 5.67. The maximum absolute atomic E-state index is 10.4. The van der Waals surface area contributed by atoms with Crippen LogP contribution in [0.25, 0.3) is 0 Å². The van der Waals surface area contributed by atoms with Gasteiger partial charge in [-0.2, -0.15) is 0 Å². The van der Waals surface area contributed by atoms with Crippen LogP contribution in [0.1, 0.15) is 25.7 Å². The lowest BCUT2D eigenvalue weighted by Gasteiger charge is -2.15. The fraction of sp³-hybridized carbons (Fsp3) is 0.875. The summed E-state index contributed by atoms with van der Waals surface area (Å²) in [7, 11) is 0. The first kappa shape index (κ1) is 7.10. The third kappa shape index (κ3) is 1.25. The van der Waals surface area contributed by atoms with Crippen LogP contribution in [0.15, 0.2) is 0 Å². The summed E-state index contributed by atoms with van der Waals surface area (Å²) in [5, 5.41) is 8.55. The second-order valence-corrected chi connectivity index (χ2v) is 3.47. The SMILES string of the molecule is O=C(O)C[C@@H]1C[C@H]2CC[C@H]1O2. The molecule has 3 atom stereocenters. The molecule has 0 aromatic heterocycles. The molecule has 2 fully saturated rings. The summed E-state index contributed by atoms with van der Waals surface area (Å²) < 4.78 is 5.52. The van der Waals surface area contributed by atoms with Crippen molar-refractivity contribution in [2.45, 2.75) is 37.9 Å². The Morgan fingerprint density at radius 3 is 2.82 bits per heavy atom. The highest BCUT2D eigenvalue weighted by atomic mass is 16.5. The van der Waals surface area contributed by atoms with Gasteiger partial charge in [0, 0.05) is 0 Å². The Balaban J connectivity index is 1.92. The van der Waals surface area contributed by atoms with Crippen LogP contribution >= 0.6 is 0 Å². The molecule has 0 unspecified atom stereocenters. The highest BCUT2D eigenvalue weighted by Gasteiger charge is 2.41. The molecule has 11 heavy (non-hydrogen) atoms. The molecule has 2 aliphatic rings. The number of carbonyl (C=O) groups is 1. The molecule has 62 valence electrons. The Bertz CT molecular complexity index is 178. The van der Waals surface area contributed by atoms with E-state index in [1.165, 1.54) is 0 Å². The van der Waals surface area contributed by atoms with Gasteiger partial charge < -0.3 is 9.84 Å². The van der Waals surface area contributed by atoms with Crippen LogP contribution in [0.4, 0.5) is 0 Å². The molecule has 0 aliphatic carbocycles. The normalized spacial score (nSPS) is 41.3. The van der Waals surface area contributed by atoms with Crippen molar-refractivity contribution in [3.8, 4) is 0 Å². The molecular weight excluding hydrogens is 144 g/mol. The van der Waals surface area contributed by atoms with E-state index in [0.717, 1.165) is 19.3 Å². The highest BCUT2D eigenvalue weighted by Crippen LogP contribution is 2.40. The average molecular weight is 156 g/mol. The molecule has 3 nitrogen and oxygen atoms in total. The van der Waals surface area contributed by atoms with E-state index >= 15 is 0 Å². The first-order chi connectivity index (χ1) is 5.25. The molecule has 2 rings (SSSR count). The quantitative estimate of drug-likeness (QED) is 0.649. The second-order valence-electron chi connectivity index (χ2n) is 3.47. The van der Waals surface area contributed by atoms with Crippen molar-refractivity contribution >= 4 is 5.97 Å². The zero-order valence-corrected chi connectivity index (χ0v) is 6.32. The van der Waals surface area contributed by atoms with E-state index in [0.29, 0.717) is 18.4 Å². The average Bonchev–Trinajstić information content (AvgIpc) is 2.45. The van der Waals surface area contributed by atoms with Crippen LogP contribution < -0.4 is 0 Å². The molecule has 2 heterocycles. The summed E-state index contributed by atoms with van der Waals surface area (Å²) >= 11 is 0. The number of hydrogen-bond donors (Lipinski definition) is 1. The van der Waals surface area contributed by atoms with E-state index in [2.05, 4.69) is 0 Å². The number of hydrogen-bond acceptors (Lipinski definition) is 2. The molecule has 2 saturated heterocycles. The van der Waals surface area contributed by atoms with Crippen LogP contribution in [0.5, 0.6) is 0 Å². The van der Waals surface area contributed by atoms with Crippen LogP contribution in [-0.4, -0.2) is 23.3 Å². The minimum absolute atomic E-state index is 0.260. The van der Waals surface area contributed by atoms with Crippen LogP contribution in [0.3, 0.4) is 0 Å². The summed E-state index contributed by atoms with van der Waals surface area (Å²) in [6.45, 7) is 0. The first-order valence-corrected chi connectivity index (χ1v) is 4.13. The Labute approximate surface area is 65.4 Å². The Morgan fingerprint density at radius 1 is 1.55 bits per heavy atom. The van der Waals surface area contributed by atoms with E-state index in [1.807, 2.05) is 0 Å². The van der Waals surface area contributed by atoms with Crippen molar-refractivity contribution in [3.05, 3.63) is 0 Å². The molecule has 3 heteroatoms. The van der Waals surface area contributed by atoms with Crippen LogP contribution in [0, 0.1) is 5.92 Å². The van der Waals surface area contributed by atoms with E-state index < -0.39 is 5.97 Å². The monoisotopic (exact) mass is 156 g/mol.